The van der Waals surface area contributed by atoms with E-state index in [2.05, 4.69) is 31.2 Å². The van der Waals surface area contributed by atoms with Crippen LogP contribution in [0.3, 0.4) is 0 Å². The van der Waals surface area contributed by atoms with Crippen molar-refractivity contribution in [3.63, 3.8) is 0 Å². The Kier molecular flexibility index (Phi) is 3.31. The number of nitrogens with zero attached hydrogens (tertiary/aromatic N) is 4. The number of halogens is 1. The van der Waals surface area contributed by atoms with Gasteiger partial charge in [0, 0.05) is 10.7 Å². The molecule has 6 heteroatoms. The molecule has 0 saturated heterocycles. The Hall–Kier alpha value is -1.27. The maximum atomic E-state index is 9.30. The number of aromatic nitrogens is 4. The number of aliphatic hydroxyl groups is 1. The second kappa shape index (κ2) is 4.71. The lowest BCUT2D eigenvalue weighted by molar-refractivity contribution is 0.194. The van der Waals surface area contributed by atoms with Gasteiger partial charge in [-0.3, -0.25) is 4.98 Å². The molecule has 0 aliphatic carbocycles. The molecule has 0 aromatic carbocycles. The van der Waals surface area contributed by atoms with Crippen molar-refractivity contribution in [2.24, 2.45) is 0 Å². The van der Waals surface area contributed by atoms with Crippen molar-refractivity contribution >= 4 is 15.9 Å². The molecule has 0 spiro atoms. The van der Waals surface area contributed by atoms with Crippen LogP contribution in [0.5, 0.6) is 0 Å². The fourth-order valence-corrected chi connectivity index (χ4v) is 1.48. The van der Waals surface area contributed by atoms with Gasteiger partial charge in [-0.15, -0.1) is 5.10 Å². The minimum Gasteiger partial charge on any atom is -0.387 e. The lowest BCUT2D eigenvalue weighted by atomic mass is 10.3. The number of aliphatic hydroxyl groups excluding tert-OH is 1. The summed E-state index contributed by atoms with van der Waals surface area (Å²) in [5.74, 6) is 0. The first-order valence-corrected chi connectivity index (χ1v) is 5.63. The molecule has 84 valence electrons. The highest BCUT2D eigenvalue weighted by molar-refractivity contribution is 9.10. The molecule has 1 N–H and O–H groups in total. The Morgan fingerprint density at radius 2 is 2.31 bits per heavy atom. The van der Waals surface area contributed by atoms with Crippen molar-refractivity contribution in [3.05, 3.63) is 40.4 Å². The first-order chi connectivity index (χ1) is 7.65. The van der Waals surface area contributed by atoms with Crippen molar-refractivity contribution in [3.8, 4) is 0 Å². The molecule has 5 nitrogen and oxygen atoms in total. The van der Waals surface area contributed by atoms with Gasteiger partial charge in [-0.05, 0) is 35.0 Å². The molecule has 0 radical (unpaired) electrons. The molecular formula is C10H11BrN4O. The van der Waals surface area contributed by atoms with Gasteiger partial charge in [0.15, 0.2) is 0 Å². The predicted octanol–water partition coefficient (Wildman–Crippen LogP) is 1.54. The van der Waals surface area contributed by atoms with Gasteiger partial charge in [-0.2, -0.15) is 0 Å². The average Bonchev–Trinajstić information content (AvgIpc) is 2.70. The van der Waals surface area contributed by atoms with Crippen molar-refractivity contribution in [1.29, 1.82) is 0 Å². The summed E-state index contributed by atoms with van der Waals surface area (Å²) < 4.78 is 2.60. The largest absolute Gasteiger partial charge is 0.387 e. The zero-order valence-corrected chi connectivity index (χ0v) is 10.3. The number of pyridine rings is 1. The summed E-state index contributed by atoms with van der Waals surface area (Å²) in [5.41, 5.74) is 1.46. The highest BCUT2D eigenvalue weighted by Gasteiger charge is 2.06. The first kappa shape index (κ1) is 11.2. The van der Waals surface area contributed by atoms with Gasteiger partial charge in [0.25, 0.3) is 0 Å². The molecule has 1 atom stereocenters. The van der Waals surface area contributed by atoms with E-state index in [0.717, 1.165) is 10.2 Å². The van der Waals surface area contributed by atoms with E-state index < -0.39 is 6.10 Å². The lowest BCUT2D eigenvalue weighted by Crippen LogP contribution is -2.02. The number of hydrogen-bond donors (Lipinski definition) is 1. The van der Waals surface area contributed by atoms with E-state index in [9.17, 15) is 5.11 Å². The fourth-order valence-electron chi connectivity index (χ4n) is 1.25. The highest BCUT2D eigenvalue weighted by Crippen LogP contribution is 2.10. The van der Waals surface area contributed by atoms with Gasteiger partial charge in [-0.25, -0.2) is 4.68 Å². The molecule has 0 aliphatic rings. The molecule has 2 rings (SSSR count). The van der Waals surface area contributed by atoms with Gasteiger partial charge in [-0.1, -0.05) is 5.21 Å². The summed E-state index contributed by atoms with van der Waals surface area (Å²) in [6.07, 6.45) is 2.86. The maximum absolute atomic E-state index is 9.30. The van der Waals surface area contributed by atoms with Crippen LogP contribution in [0.2, 0.25) is 0 Å². The van der Waals surface area contributed by atoms with Crippen molar-refractivity contribution < 1.29 is 5.11 Å². The van der Waals surface area contributed by atoms with E-state index in [0.29, 0.717) is 12.2 Å². The maximum Gasteiger partial charge on any atom is 0.111 e. The van der Waals surface area contributed by atoms with Crippen LogP contribution in [0.25, 0.3) is 0 Å². The minimum atomic E-state index is -0.591. The molecule has 16 heavy (non-hydrogen) atoms. The van der Waals surface area contributed by atoms with Crippen LogP contribution in [0, 0.1) is 0 Å². The number of hydrogen-bond acceptors (Lipinski definition) is 4. The second-order valence-corrected chi connectivity index (χ2v) is 4.40. The molecular weight excluding hydrogens is 272 g/mol. The molecule has 1 unspecified atom stereocenters. The molecule has 0 amide bonds. The summed E-state index contributed by atoms with van der Waals surface area (Å²) in [4.78, 5) is 4.23. The Labute approximate surface area is 101 Å². The molecule has 0 bridgehead atoms. The van der Waals surface area contributed by atoms with Gasteiger partial charge in [0.05, 0.1) is 24.5 Å². The van der Waals surface area contributed by atoms with Crippen LogP contribution < -0.4 is 0 Å². The Bertz CT molecular complexity index is 466. The smallest absolute Gasteiger partial charge is 0.111 e. The third-order valence-electron chi connectivity index (χ3n) is 2.10. The second-order valence-electron chi connectivity index (χ2n) is 3.48. The van der Waals surface area contributed by atoms with Gasteiger partial charge < -0.3 is 5.11 Å². The van der Waals surface area contributed by atoms with E-state index in [4.69, 9.17) is 0 Å². The third-order valence-corrected chi connectivity index (χ3v) is 2.57. The monoisotopic (exact) mass is 282 g/mol. The number of rotatable bonds is 3. The summed E-state index contributed by atoms with van der Waals surface area (Å²) in [6.45, 7) is 2.21. The van der Waals surface area contributed by atoms with Gasteiger partial charge in [0.2, 0.25) is 0 Å². The van der Waals surface area contributed by atoms with E-state index in [1.54, 1.807) is 24.0 Å². The van der Waals surface area contributed by atoms with Crippen LogP contribution in [0.4, 0.5) is 0 Å². The van der Waals surface area contributed by atoms with Crippen molar-refractivity contribution in [1.82, 2.24) is 20.0 Å². The zero-order chi connectivity index (χ0) is 11.5. The molecule has 2 heterocycles. The normalized spacial score (nSPS) is 12.7. The first-order valence-electron chi connectivity index (χ1n) is 4.83. The molecule has 0 saturated carbocycles. The summed E-state index contributed by atoms with van der Waals surface area (Å²) in [5, 5.41) is 17.1. The van der Waals surface area contributed by atoms with Gasteiger partial charge in [0.1, 0.15) is 5.69 Å². The Balaban J connectivity index is 2.11. The topological polar surface area (TPSA) is 63.8 Å². The van der Waals surface area contributed by atoms with Crippen LogP contribution in [0.1, 0.15) is 24.4 Å². The zero-order valence-electron chi connectivity index (χ0n) is 8.71. The van der Waals surface area contributed by atoms with Crippen molar-refractivity contribution in [2.45, 2.75) is 19.6 Å². The molecule has 2 aromatic rings. The van der Waals surface area contributed by atoms with Gasteiger partial charge >= 0.3 is 0 Å². The van der Waals surface area contributed by atoms with Crippen LogP contribution in [0.15, 0.2) is 29.0 Å². The fraction of sp³-hybridized carbons (Fsp3) is 0.300. The Morgan fingerprint density at radius 3 is 2.88 bits per heavy atom. The molecule has 2 aromatic heterocycles. The molecule has 0 aliphatic heterocycles. The van der Waals surface area contributed by atoms with E-state index in [1.165, 1.54) is 0 Å². The summed E-state index contributed by atoms with van der Waals surface area (Å²) in [7, 11) is 0. The highest BCUT2D eigenvalue weighted by atomic mass is 79.9. The van der Waals surface area contributed by atoms with Crippen molar-refractivity contribution in [2.75, 3.05) is 0 Å². The summed E-state index contributed by atoms with van der Waals surface area (Å²) >= 11 is 3.32. The predicted molar refractivity (Wildman–Crippen MR) is 61.7 cm³/mol. The van der Waals surface area contributed by atoms with E-state index in [1.807, 2.05) is 12.1 Å². The standard InChI is InChI=1S/C10H11BrN4O/c1-7(16)10-6-15(14-13-10)5-9-3-2-8(11)4-12-9/h2-4,6-7,16H,5H2,1H3. The Morgan fingerprint density at radius 1 is 1.50 bits per heavy atom. The lowest BCUT2D eigenvalue weighted by Gasteiger charge is -2.00. The summed E-state index contributed by atoms with van der Waals surface area (Å²) in [6, 6.07) is 3.84. The van der Waals surface area contributed by atoms with Crippen LogP contribution in [-0.2, 0) is 6.54 Å². The van der Waals surface area contributed by atoms with Crippen LogP contribution >= 0.6 is 15.9 Å². The third kappa shape index (κ3) is 2.65. The SMILES string of the molecule is CC(O)c1cn(Cc2ccc(Br)cn2)nn1. The molecule has 0 fully saturated rings. The average molecular weight is 283 g/mol. The van der Waals surface area contributed by atoms with E-state index >= 15 is 0 Å². The van der Waals surface area contributed by atoms with E-state index in [-0.39, 0.29) is 0 Å². The quantitative estimate of drug-likeness (QED) is 0.928. The van der Waals surface area contributed by atoms with Crippen LogP contribution in [-0.4, -0.2) is 25.1 Å². The minimum absolute atomic E-state index is 0.549.